The minimum absolute atomic E-state index is 0.00803. The summed E-state index contributed by atoms with van der Waals surface area (Å²) in [6.07, 6.45) is 2.38. The number of urea groups is 1. The van der Waals surface area contributed by atoms with Gasteiger partial charge < -0.3 is 15.5 Å². The number of nitrogens with zero attached hydrogens (tertiary/aromatic N) is 2. The Kier molecular flexibility index (Phi) is 4.98. The molecule has 3 N–H and O–H groups in total. The molecule has 2 atom stereocenters. The normalized spacial score (nSPS) is 28.0. The summed E-state index contributed by atoms with van der Waals surface area (Å²) in [5, 5.41) is 7.46. The van der Waals surface area contributed by atoms with Crippen LogP contribution in [0.3, 0.4) is 0 Å². The van der Waals surface area contributed by atoms with Crippen molar-refractivity contribution in [1.82, 2.24) is 25.8 Å². The molecule has 3 saturated heterocycles. The Balaban J connectivity index is 1.40. The van der Waals surface area contributed by atoms with Gasteiger partial charge in [0.1, 0.15) is 6.04 Å². The molecule has 0 saturated carbocycles. The predicted molar refractivity (Wildman–Crippen MR) is 83.9 cm³/mol. The molecule has 0 spiro atoms. The SMILES string of the molecule is O=C1C[C@@H](C(=O)NC2CCN(CCN3CCCC3=O)C2)NC(=O)N1. The smallest absolute Gasteiger partial charge is 0.322 e. The van der Waals surface area contributed by atoms with Gasteiger partial charge in [-0.25, -0.2) is 4.79 Å². The van der Waals surface area contributed by atoms with E-state index in [9.17, 15) is 19.2 Å². The highest BCUT2D eigenvalue weighted by Gasteiger charge is 2.32. The Hall–Kier alpha value is -2.16. The van der Waals surface area contributed by atoms with Crippen LogP contribution in [0.1, 0.15) is 25.7 Å². The molecule has 5 amide bonds. The van der Waals surface area contributed by atoms with Crippen molar-refractivity contribution in [1.29, 1.82) is 0 Å². The summed E-state index contributed by atoms with van der Waals surface area (Å²) >= 11 is 0. The van der Waals surface area contributed by atoms with Crippen LogP contribution in [0.15, 0.2) is 0 Å². The zero-order valence-corrected chi connectivity index (χ0v) is 13.5. The van der Waals surface area contributed by atoms with Crippen molar-refractivity contribution in [3.05, 3.63) is 0 Å². The Morgan fingerprint density at radius 3 is 2.75 bits per heavy atom. The van der Waals surface area contributed by atoms with Gasteiger partial charge in [0, 0.05) is 45.2 Å². The maximum atomic E-state index is 12.2. The molecule has 3 heterocycles. The Bertz CT molecular complexity index is 536. The van der Waals surface area contributed by atoms with Gasteiger partial charge in [-0.3, -0.25) is 24.6 Å². The highest BCUT2D eigenvalue weighted by molar-refractivity contribution is 6.02. The molecule has 3 aliphatic rings. The molecular formula is C15H23N5O4. The number of amides is 5. The van der Waals surface area contributed by atoms with Crippen LogP contribution in [0, 0.1) is 0 Å². The molecule has 132 valence electrons. The van der Waals surface area contributed by atoms with Gasteiger partial charge in [-0.2, -0.15) is 0 Å². The van der Waals surface area contributed by atoms with Gasteiger partial charge in [0.05, 0.1) is 6.42 Å². The lowest BCUT2D eigenvalue weighted by Crippen LogP contribution is -2.58. The minimum Gasteiger partial charge on any atom is -0.350 e. The summed E-state index contributed by atoms with van der Waals surface area (Å²) in [6, 6.07) is -1.43. The molecule has 24 heavy (non-hydrogen) atoms. The fourth-order valence-corrected chi connectivity index (χ4v) is 3.42. The Labute approximate surface area is 140 Å². The first-order valence-electron chi connectivity index (χ1n) is 8.42. The van der Waals surface area contributed by atoms with E-state index in [0.29, 0.717) is 6.42 Å². The highest BCUT2D eigenvalue weighted by Crippen LogP contribution is 2.13. The summed E-state index contributed by atoms with van der Waals surface area (Å²) in [6.45, 7) is 3.97. The first kappa shape index (κ1) is 16.7. The fourth-order valence-electron chi connectivity index (χ4n) is 3.42. The topological polar surface area (TPSA) is 111 Å². The third-order valence-corrected chi connectivity index (χ3v) is 4.74. The number of nitrogens with one attached hydrogen (secondary N) is 3. The highest BCUT2D eigenvalue weighted by atomic mass is 16.2. The number of likely N-dealkylation sites (tertiary alicyclic amines) is 2. The van der Waals surface area contributed by atoms with E-state index in [1.807, 2.05) is 4.90 Å². The van der Waals surface area contributed by atoms with Gasteiger partial charge in [0.25, 0.3) is 0 Å². The lowest BCUT2D eigenvalue weighted by Gasteiger charge is -2.24. The maximum Gasteiger partial charge on any atom is 0.322 e. The average molecular weight is 337 g/mol. The predicted octanol–water partition coefficient (Wildman–Crippen LogP) is -1.60. The van der Waals surface area contributed by atoms with Crippen molar-refractivity contribution < 1.29 is 19.2 Å². The van der Waals surface area contributed by atoms with Crippen LogP contribution in [0.2, 0.25) is 0 Å². The minimum atomic E-state index is -0.803. The maximum absolute atomic E-state index is 12.2. The fraction of sp³-hybridized carbons (Fsp3) is 0.733. The summed E-state index contributed by atoms with van der Waals surface area (Å²) in [4.78, 5) is 50.5. The molecule has 3 rings (SSSR count). The molecule has 0 aliphatic carbocycles. The molecular weight excluding hydrogens is 314 g/mol. The number of carbonyl (C=O) groups is 4. The van der Waals surface area contributed by atoms with E-state index < -0.39 is 18.0 Å². The van der Waals surface area contributed by atoms with Gasteiger partial charge in [0.2, 0.25) is 17.7 Å². The molecule has 9 nitrogen and oxygen atoms in total. The van der Waals surface area contributed by atoms with E-state index in [1.165, 1.54) is 0 Å². The molecule has 3 aliphatic heterocycles. The van der Waals surface area contributed by atoms with Gasteiger partial charge in [-0.15, -0.1) is 0 Å². The van der Waals surface area contributed by atoms with Crippen LogP contribution < -0.4 is 16.0 Å². The molecule has 0 aromatic heterocycles. The van der Waals surface area contributed by atoms with Gasteiger partial charge in [-0.1, -0.05) is 0 Å². The first-order chi connectivity index (χ1) is 11.5. The molecule has 0 radical (unpaired) electrons. The van der Waals surface area contributed by atoms with Crippen LogP contribution in [0.25, 0.3) is 0 Å². The Morgan fingerprint density at radius 2 is 2.04 bits per heavy atom. The lowest BCUT2D eigenvalue weighted by atomic mass is 10.1. The van der Waals surface area contributed by atoms with E-state index in [2.05, 4.69) is 20.9 Å². The second-order valence-electron chi connectivity index (χ2n) is 6.56. The monoisotopic (exact) mass is 337 g/mol. The van der Waals surface area contributed by atoms with Crippen molar-refractivity contribution in [2.45, 2.75) is 37.8 Å². The van der Waals surface area contributed by atoms with E-state index in [0.717, 1.165) is 45.6 Å². The summed E-state index contributed by atoms with van der Waals surface area (Å²) in [5.41, 5.74) is 0. The van der Waals surface area contributed by atoms with Crippen LogP contribution in [-0.2, 0) is 14.4 Å². The van der Waals surface area contributed by atoms with Crippen molar-refractivity contribution in [2.75, 3.05) is 32.7 Å². The quantitative estimate of drug-likeness (QED) is 0.559. The van der Waals surface area contributed by atoms with E-state index in [4.69, 9.17) is 0 Å². The number of hydrogen-bond acceptors (Lipinski definition) is 5. The summed E-state index contributed by atoms with van der Waals surface area (Å²) in [5.74, 6) is -0.535. The van der Waals surface area contributed by atoms with Crippen LogP contribution >= 0.6 is 0 Å². The van der Waals surface area contributed by atoms with Gasteiger partial charge in [0.15, 0.2) is 0 Å². The van der Waals surface area contributed by atoms with Crippen molar-refractivity contribution in [2.24, 2.45) is 0 Å². The van der Waals surface area contributed by atoms with Crippen molar-refractivity contribution in [3.8, 4) is 0 Å². The molecule has 3 fully saturated rings. The van der Waals surface area contributed by atoms with Crippen LogP contribution in [-0.4, -0.2) is 78.4 Å². The van der Waals surface area contributed by atoms with Gasteiger partial charge >= 0.3 is 6.03 Å². The molecule has 1 unspecified atom stereocenters. The summed E-state index contributed by atoms with van der Waals surface area (Å²) < 4.78 is 0. The largest absolute Gasteiger partial charge is 0.350 e. The zero-order chi connectivity index (χ0) is 17.1. The summed E-state index contributed by atoms with van der Waals surface area (Å²) in [7, 11) is 0. The number of imide groups is 1. The molecule has 0 bridgehead atoms. The molecule has 0 aromatic carbocycles. The lowest BCUT2D eigenvalue weighted by molar-refractivity contribution is -0.129. The van der Waals surface area contributed by atoms with E-state index >= 15 is 0 Å². The van der Waals surface area contributed by atoms with Crippen LogP contribution in [0.4, 0.5) is 4.79 Å². The molecule has 9 heteroatoms. The third kappa shape index (κ3) is 4.02. The average Bonchev–Trinajstić information content (AvgIpc) is 3.13. The van der Waals surface area contributed by atoms with Gasteiger partial charge in [-0.05, 0) is 12.8 Å². The first-order valence-corrected chi connectivity index (χ1v) is 8.42. The third-order valence-electron chi connectivity index (χ3n) is 4.74. The molecule has 0 aromatic rings. The second-order valence-corrected chi connectivity index (χ2v) is 6.56. The van der Waals surface area contributed by atoms with E-state index in [-0.39, 0.29) is 24.3 Å². The second kappa shape index (κ2) is 7.16. The number of rotatable bonds is 5. The standard InChI is InChI=1S/C15H23N5O4/c21-12-8-11(17-15(24)18-12)14(23)16-10-3-5-19(9-10)6-7-20-4-1-2-13(20)22/h10-11H,1-9H2,(H,16,23)(H2,17,18,21,24)/t10?,11-/m0/s1. The van der Waals surface area contributed by atoms with Crippen LogP contribution in [0.5, 0.6) is 0 Å². The zero-order valence-electron chi connectivity index (χ0n) is 13.5. The van der Waals surface area contributed by atoms with Crippen molar-refractivity contribution in [3.63, 3.8) is 0 Å². The van der Waals surface area contributed by atoms with Crippen molar-refractivity contribution >= 4 is 23.8 Å². The Morgan fingerprint density at radius 1 is 1.21 bits per heavy atom. The van der Waals surface area contributed by atoms with E-state index in [1.54, 1.807) is 0 Å². The number of carbonyl (C=O) groups excluding carboxylic acids is 4. The number of hydrogen-bond donors (Lipinski definition) is 3.